The number of methoxy groups -OCH3 is 1. The number of amides is 1. The van der Waals surface area contributed by atoms with Gasteiger partial charge in [0.1, 0.15) is 10.6 Å². The van der Waals surface area contributed by atoms with Gasteiger partial charge >= 0.3 is 0 Å². The van der Waals surface area contributed by atoms with Crippen molar-refractivity contribution in [1.29, 1.82) is 0 Å². The normalized spacial score (nSPS) is 11.4. The van der Waals surface area contributed by atoms with Crippen LogP contribution in [0.1, 0.15) is 24.2 Å². The Morgan fingerprint density at radius 2 is 1.90 bits per heavy atom. The van der Waals surface area contributed by atoms with Gasteiger partial charge in [-0.15, -0.1) is 0 Å². The summed E-state index contributed by atoms with van der Waals surface area (Å²) in [6, 6.07) is 4.35. The van der Waals surface area contributed by atoms with E-state index in [2.05, 4.69) is 5.32 Å². The molecule has 0 atom stereocenters. The molecule has 0 aliphatic rings. The first-order chi connectivity index (χ1) is 9.42. The van der Waals surface area contributed by atoms with E-state index in [1.165, 1.54) is 36.7 Å². The van der Waals surface area contributed by atoms with Gasteiger partial charge in [-0.2, -0.15) is 4.31 Å². The number of ether oxygens (including phenoxy) is 1. The van der Waals surface area contributed by atoms with E-state index in [-0.39, 0.29) is 22.1 Å². The molecule has 1 amide bonds. The summed E-state index contributed by atoms with van der Waals surface area (Å²) in [6.07, 6.45) is 0. The summed E-state index contributed by atoms with van der Waals surface area (Å²) in [5.74, 6) is -0.117. The Kier molecular flexibility index (Phi) is 5.52. The molecular formula is C13H20N2O4S. The lowest BCUT2D eigenvalue weighted by Gasteiger charge is -2.20. The molecule has 0 unspecified atom stereocenters. The van der Waals surface area contributed by atoms with E-state index >= 15 is 0 Å². The lowest BCUT2D eigenvalue weighted by molar-refractivity contribution is 0.0963. The van der Waals surface area contributed by atoms with E-state index in [1.54, 1.807) is 13.8 Å². The van der Waals surface area contributed by atoms with Gasteiger partial charge in [0.05, 0.1) is 7.11 Å². The monoisotopic (exact) mass is 300 g/mol. The number of rotatable bonds is 6. The standard InChI is InChI=1S/C13H20N2O4S/c1-5-15(6-2)20(17,18)12-9-10(13(16)14-3)7-8-11(12)19-4/h7-9H,5-6H2,1-4H3,(H,14,16). The number of carbonyl (C=O) groups excluding carboxylic acids is 1. The summed E-state index contributed by atoms with van der Waals surface area (Å²) in [7, 11) is -0.790. The van der Waals surface area contributed by atoms with Crippen molar-refractivity contribution in [3.05, 3.63) is 23.8 Å². The van der Waals surface area contributed by atoms with Crippen molar-refractivity contribution in [2.75, 3.05) is 27.2 Å². The minimum absolute atomic E-state index is 0.00444. The molecule has 1 N–H and O–H groups in total. The fraction of sp³-hybridized carbons (Fsp3) is 0.462. The number of nitrogens with zero attached hydrogens (tertiary/aromatic N) is 1. The average Bonchev–Trinajstić information content (AvgIpc) is 2.46. The van der Waals surface area contributed by atoms with Crippen LogP contribution < -0.4 is 10.1 Å². The van der Waals surface area contributed by atoms with Crippen LogP contribution in [0.4, 0.5) is 0 Å². The molecule has 0 bridgehead atoms. The molecule has 0 aliphatic heterocycles. The Hall–Kier alpha value is -1.60. The highest BCUT2D eigenvalue weighted by atomic mass is 32.2. The summed E-state index contributed by atoms with van der Waals surface area (Å²) >= 11 is 0. The molecule has 0 saturated heterocycles. The Morgan fingerprint density at radius 1 is 1.30 bits per heavy atom. The summed E-state index contributed by atoms with van der Waals surface area (Å²) in [5.41, 5.74) is 0.277. The zero-order valence-electron chi connectivity index (χ0n) is 12.1. The van der Waals surface area contributed by atoms with Crippen LogP contribution in [0, 0.1) is 0 Å². The first-order valence-corrected chi connectivity index (χ1v) is 7.76. The van der Waals surface area contributed by atoms with Crippen molar-refractivity contribution >= 4 is 15.9 Å². The Morgan fingerprint density at radius 3 is 2.35 bits per heavy atom. The molecule has 7 heteroatoms. The van der Waals surface area contributed by atoms with E-state index in [0.717, 1.165) is 0 Å². The van der Waals surface area contributed by atoms with Gasteiger partial charge in [-0.25, -0.2) is 8.42 Å². The highest BCUT2D eigenvalue weighted by molar-refractivity contribution is 7.89. The van der Waals surface area contributed by atoms with Crippen LogP contribution in [0.2, 0.25) is 0 Å². The zero-order chi connectivity index (χ0) is 15.3. The van der Waals surface area contributed by atoms with Gasteiger partial charge in [-0.05, 0) is 18.2 Å². The van der Waals surface area contributed by atoms with Gasteiger partial charge in [0, 0.05) is 25.7 Å². The molecule has 0 aromatic heterocycles. The van der Waals surface area contributed by atoms with E-state index < -0.39 is 10.0 Å². The van der Waals surface area contributed by atoms with Crippen LogP contribution in [0.25, 0.3) is 0 Å². The van der Waals surface area contributed by atoms with E-state index in [1.807, 2.05) is 0 Å². The van der Waals surface area contributed by atoms with Crippen LogP contribution in [0.15, 0.2) is 23.1 Å². The third-order valence-corrected chi connectivity index (χ3v) is 5.05. The second kappa shape index (κ2) is 6.71. The smallest absolute Gasteiger partial charge is 0.251 e. The SMILES string of the molecule is CCN(CC)S(=O)(=O)c1cc(C(=O)NC)ccc1OC. The summed E-state index contributed by atoms with van der Waals surface area (Å²) in [4.78, 5) is 11.6. The molecule has 0 saturated carbocycles. The summed E-state index contributed by atoms with van der Waals surface area (Å²) < 4.78 is 31.5. The maximum Gasteiger partial charge on any atom is 0.251 e. The number of benzene rings is 1. The molecule has 112 valence electrons. The van der Waals surface area contributed by atoms with Crippen molar-refractivity contribution in [2.45, 2.75) is 18.7 Å². The predicted octanol–water partition coefficient (Wildman–Crippen LogP) is 1.09. The van der Waals surface area contributed by atoms with Crippen molar-refractivity contribution in [3.63, 3.8) is 0 Å². The summed E-state index contributed by atoms with van der Waals surface area (Å²) in [5, 5.41) is 2.47. The molecule has 0 fully saturated rings. The van der Waals surface area contributed by atoms with E-state index in [9.17, 15) is 13.2 Å². The fourth-order valence-corrected chi connectivity index (χ4v) is 3.51. The van der Waals surface area contributed by atoms with Crippen molar-refractivity contribution < 1.29 is 17.9 Å². The van der Waals surface area contributed by atoms with Crippen LogP contribution in [0.5, 0.6) is 5.75 Å². The Bertz CT molecular complexity index is 580. The lowest BCUT2D eigenvalue weighted by Crippen LogP contribution is -2.31. The first-order valence-electron chi connectivity index (χ1n) is 6.32. The molecular weight excluding hydrogens is 280 g/mol. The maximum atomic E-state index is 12.6. The molecule has 0 radical (unpaired) electrons. The maximum absolute atomic E-state index is 12.6. The highest BCUT2D eigenvalue weighted by Gasteiger charge is 2.26. The molecule has 6 nitrogen and oxygen atoms in total. The van der Waals surface area contributed by atoms with Crippen molar-refractivity contribution in [1.82, 2.24) is 9.62 Å². The van der Waals surface area contributed by atoms with Gasteiger partial charge in [0.25, 0.3) is 5.91 Å². The lowest BCUT2D eigenvalue weighted by atomic mass is 10.2. The Balaban J connectivity index is 3.44. The molecule has 0 heterocycles. The summed E-state index contributed by atoms with van der Waals surface area (Å²) in [6.45, 7) is 4.23. The number of sulfonamides is 1. The number of hydrogen-bond acceptors (Lipinski definition) is 4. The quantitative estimate of drug-likeness (QED) is 0.853. The largest absolute Gasteiger partial charge is 0.495 e. The van der Waals surface area contributed by atoms with Crippen LogP contribution in [-0.2, 0) is 10.0 Å². The van der Waals surface area contributed by atoms with Crippen LogP contribution in [0.3, 0.4) is 0 Å². The number of nitrogens with one attached hydrogen (secondary N) is 1. The molecule has 1 aromatic carbocycles. The minimum atomic E-state index is -3.68. The van der Waals surface area contributed by atoms with Crippen LogP contribution in [-0.4, -0.2) is 45.9 Å². The topological polar surface area (TPSA) is 75.7 Å². The van der Waals surface area contributed by atoms with E-state index in [4.69, 9.17) is 4.74 Å². The molecule has 20 heavy (non-hydrogen) atoms. The fourth-order valence-electron chi connectivity index (χ4n) is 1.87. The average molecular weight is 300 g/mol. The zero-order valence-corrected chi connectivity index (χ0v) is 13.0. The van der Waals surface area contributed by atoms with Crippen molar-refractivity contribution in [3.8, 4) is 5.75 Å². The van der Waals surface area contributed by atoms with Gasteiger partial charge in [-0.1, -0.05) is 13.8 Å². The molecule has 1 aromatic rings. The third kappa shape index (κ3) is 3.10. The third-order valence-electron chi connectivity index (χ3n) is 2.98. The van der Waals surface area contributed by atoms with E-state index in [0.29, 0.717) is 13.1 Å². The second-order valence-electron chi connectivity index (χ2n) is 4.03. The number of hydrogen-bond donors (Lipinski definition) is 1. The van der Waals surface area contributed by atoms with Crippen LogP contribution >= 0.6 is 0 Å². The predicted molar refractivity (Wildman–Crippen MR) is 76.5 cm³/mol. The highest BCUT2D eigenvalue weighted by Crippen LogP contribution is 2.27. The molecule has 0 spiro atoms. The first kappa shape index (κ1) is 16.5. The van der Waals surface area contributed by atoms with Gasteiger partial charge in [0.2, 0.25) is 10.0 Å². The van der Waals surface area contributed by atoms with Gasteiger partial charge in [0.15, 0.2) is 0 Å². The van der Waals surface area contributed by atoms with Gasteiger partial charge < -0.3 is 10.1 Å². The number of carbonyl (C=O) groups is 1. The Labute approximate surface area is 119 Å². The van der Waals surface area contributed by atoms with Crippen molar-refractivity contribution in [2.24, 2.45) is 0 Å². The second-order valence-corrected chi connectivity index (χ2v) is 5.94. The van der Waals surface area contributed by atoms with Gasteiger partial charge in [-0.3, -0.25) is 4.79 Å². The molecule has 0 aliphatic carbocycles. The minimum Gasteiger partial charge on any atom is -0.495 e. The molecule has 1 rings (SSSR count).